The lowest BCUT2D eigenvalue weighted by atomic mass is 10.1. The summed E-state index contributed by atoms with van der Waals surface area (Å²) in [6, 6.07) is 3.99. The Balaban J connectivity index is 2.16. The highest BCUT2D eigenvalue weighted by Gasteiger charge is 2.22. The van der Waals surface area contributed by atoms with Crippen molar-refractivity contribution in [1.29, 1.82) is 0 Å². The summed E-state index contributed by atoms with van der Waals surface area (Å²) in [7, 11) is 3.31. The van der Waals surface area contributed by atoms with E-state index in [1.807, 2.05) is 26.8 Å². The van der Waals surface area contributed by atoms with Crippen molar-refractivity contribution in [3.8, 4) is 5.75 Å². The quantitative estimate of drug-likeness (QED) is 0.868. The fraction of sp³-hybridized carbons (Fsp3) is 0.562. The molecule has 0 saturated carbocycles. The van der Waals surface area contributed by atoms with Gasteiger partial charge in [-0.3, -0.25) is 5.43 Å². The van der Waals surface area contributed by atoms with Crippen molar-refractivity contribution < 1.29 is 14.3 Å². The van der Waals surface area contributed by atoms with Crippen molar-refractivity contribution in [3.63, 3.8) is 0 Å². The minimum atomic E-state index is -0.511. The van der Waals surface area contributed by atoms with E-state index in [1.165, 1.54) is 16.1 Å². The highest BCUT2D eigenvalue weighted by molar-refractivity contribution is 5.71. The first-order chi connectivity index (χ1) is 9.80. The Morgan fingerprint density at radius 3 is 2.62 bits per heavy atom. The van der Waals surface area contributed by atoms with E-state index < -0.39 is 11.7 Å². The zero-order valence-electron chi connectivity index (χ0n) is 13.4. The number of nitrogens with one attached hydrogen (secondary N) is 1. The summed E-state index contributed by atoms with van der Waals surface area (Å²) in [5, 5.41) is 1.37. The number of rotatable bonds is 3. The number of amides is 1. The molecule has 0 radical (unpaired) electrons. The first-order valence-corrected chi connectivity index (χ1v) is 7.23. The highest BCUT2D eigenvalue weighted by Crippen LogP contribution is 2.33. The van der Waals surface area contributed by atoms with E-state index in [0.29, 0.717) is 0 Å². The van der Waals surface area contributed by atoms with E-state index in [4.69, 9.17) is 9.47 Å². The zero-order valence-corrected chi connectivity index (χ0v) is 13.4. The van der Waals surface area contributed by atoms with Crippen LogP contribution in [-0.4, -0.2) is 30.9 Å². The molecule has 1 aliphatic carbocycles. The molecule has 1 aromatic rings. The van der Waals surface area contributed by atoms with Crippen molar-refractivity contribution >= 4 is 11.8 Å². The molecule has 0 unspecified atom stereocenters. The van der Waals surface area contributed by atoms with Gasteiger partial charge in [-0.1, -0.05) is 0 Å². The number of ether oxygens (including phenoxy) is 2. The van der Waals surface area contributed by atoms with Crippen molar-refractivity contribution in [2.24, 2.45) is 0 Å². The van der Waals surface area contributed by atoms with E-state index in [-0.39, 0.29) is 0 Å². The third-order valence-electron chi connectivity index (χ3n) is 3.38. The number of methoxy groups -OCH3 is 1. The van der Waals surface area contributed by atoms with E-state index in [2.05, 4.69) is 11.5 Å². The molecule has 0 bridgehead atoms. The summed E-state index contributed by atoms with van der Waals surface area (Å²) in [5.74, 6) is 0.802. The van der Waals surface area contributed by atoms with Crippen LogP contribution in [0.2, 0.25) is 0 Å². The van der Waals surface area contributed by atoms with Gasteiger partial charge in [-0.15, -0.1) is 0 Å². The average Bonchev–Trinajstić information content (AvgIpc) is 2.84. The number of anilines is 1. The van der Waals surface area contributed by atoms with Crippen molar-refractivity contribution in [2.45, 2.75) is 45.6 Å². The summed E-state index contributed by atoms with van der Waals surface area (Å²) in [6.45, 7) is 5.55. The van der Waals surface area contributed by atoms with Crippen molar-refractivity contribution in [2.75, 3.05) is 19.6 Å². The lowest BCUT2D eigenvalue weighted by molar-refractivity contribution is 0.0339. The molecule has 0 aromatic heterocycles. The standard InChI is InChI=1S/C16H24N2O3/c1-16(2,3)21-15(19)18(4)17-14-10-12(20-5)9-11-7-6-8-13(11)14/h9-10,17H,6-8H2,1-5H3. The van der Waals surface area contributed by atoms with Crippen LogP contribution in [0.3, 0.4) is 0 Å². The molecule has 1 amide bonds. The van der Waals surface area contributed by atoms with Crippen LogP contribution >= 0.6 is 0 Å². The lowest BCUT2D eigenvalue weighted by Crippen LogP contribution is -2.37. The van der Waals surface area contributed by atoms with Crippen molar-refractivity contribution in [1.82, 2.24) is 5.01 Å². The van der Waals surface area contributed by atoms with Crippen LogP contribution in [0, 0.1) is 0 Å². The molecule has 0 heterocycles. The van der Waals surface area contributed by atoms with Crippen LogP contribution in [0.25, 0.3) is 0 Å². The van der Waals surface area contributed by atoms with Gasteiger partial charge in [0.1, 0.15) is 11.4 Å². The molecule has 0 saturated heterocycles. The highest BCUT2D eigenvalue weighted by atomic mass is 16.6. The summed E-state index contributed by atoms with van der Waals surface area (Å²) in [5.41, 5.74) is 6.06. The predicted octanol–water partition coefficient (Wildman–Crippen LogP) is 3.38. The number of aryl methyl sites for hydroxylation is 1. The summed E-state index contributed by atoms with van der Waals surface area (Å²) < 4.78 is 10.7. The molecule has 1 aromatic carbocycles. The number of carbonyl (C=O) groups excluding carboxylic acids is 1. The Bertz CT molecular complexity index is 535. The van der Waals surface area contributed by atoms with Crippen LogP contribution in [0.4, 0.5) is 10.5 Å². The summed E-state index contributed by atoms with van der Waals surface area (Å²) in [4.78, 5) is 12.0. The maximum Gasteiger partial charge on any atom is 0.428 e. The van der Waals surface area contributed by atoms with Gasteiger partial charge in [-0.25, -0.2) is 9.80 Å². The Kier molecular flexibility index (Phi) is 4.30. The molecule has 1 aliphatic rings. The van der Waals surface area contributed by atoms with Crippen LogP contribution < -0.4 is 10.2 Å². The number of carbonyl (C=O) groups is 1. The molecular formula is C16H24N2O3. The minimum absolute atomic E-state index is 0.405. The monoisotopic (exact) mass is 292 g/mol. The normalized spacial score (nSPS) is 13.6. The van der Waals surface area contributed by atoms with Gasteiger partial charge in [0, 0.05) is 13.1 Å². The maximum absolute atomic E-state index is 12.0. The molecule has 0 atom stereocenters. The first-order valence-electron chi connectivity index (χ1n) is 7.23. The number of nitrogens with zero attached hydrogens (tertiary/aromatic N) is 1. The number of hydrogen-bond acceptors (Lipinski definition) is 4. The van der Waals surface area contributed by atoms with Gasteiger partial charge >= 0.3 is 6.09 Å². The second kappa shape index (κ2) is 5.84. The SMILES string of the molecule is COc1cc2c(c(NN(C)C(=O)OC(C)(C)C)c1)CCC2. The fourth-order valence-electron chi connectivity index (χ4n) is 2.45. The number of fused-ring (bicyclic) bond motifs is 1. The zero-order chi connectivity index (χ0) is 15.6. The molecule has 21 heavy (non-hydrogen) atoms. The van der Waals surface area contributed by atoms with Gasteiger partial charge in [0.15, 0.2) is 0 Å². The smallest absolute Gasteiger partial charge is 0.428 e. The van der Waals surface area contributed by atoms with Gasteiger partial charge < -0.3 is 9.47 Å². The van der Waals surface area contributed by atoms with Crippen LogP contribution in [0.1, 0.15) is 38.3 Å². The van der Waals surface area contributed by atoms with Crippen molar-refractivity contribution in [3.05, 3.63) is 23.3 Å². The van der Waals surface area contributed by atoms with E-state index in [1.54, 1.807) is 14.2 Å². The van der Waals surface area contributed by atoms with Gasteiger partial charge in [0.05, 0.1) is 12.8 Å². The van der Waals surface area contributed by atoms with E-state index in [9.17, 15) is 4.79 Å². The summed E-state index contributed by atoms with van der Waals surface area (Å²) in [6.07, 6.45) is 2.80. The van der Waals surface area contributed by atoms with Gasteiger partial charge in [0.2, 0.25) is 0 Å². The molecule has 5 heteroatoms. The third kappa shape index (κ3) is 3.80. The number of benzene rings is 1. The Labute approximate surface area is 126 Å². The Hall–Kier alpha value is -1.91. The largest absolute Gasteiger partial charge is 0.497 e. The first kappa shape index (κ1) is 15.5. The van der Waals surface area contributed by atoms with Crippen LogP contribution in [-0.2, 0) is 17.6 Å². The second-order valence-corrected chi connectivity index (χ2v) is 6.32. The molecule has 0 aliphatic heterocycles. The van der Waals surface area contributed by atoms with Crippen LogP contribution in [0.15, 0.2) is 12.1 Å². The molecule has 5 nitrogen and oxygen atoms in total. The van der Waals surface area contributed by atoms with E-state index >= 15 is 0 Å². The van der Waals surface area contributed by atoms with Gasteiger partial charge in [-0.05, 0) is 57.2 Å². The average molecular weight is 292 g/mol. The minimum Gasteiger partial charge on any atom is -0.497 e. The number of hydrogen-bond donors (Lipinski definition) is 1. The third-order valence-corrected chi connectivity index (χ3v) is 3.38. The van der Waals surface area contributed by atoms with E-state index in [0.717, 1.165) is 30.7 Å². The second-order valence-electron chi connectivity index (χ2n) is 6.32. The number of hydrazine groups is 1. The molecule has 0 spiro atoms. The lowest BCUT2D eigenvalue weighted by Gasteiger charge is -2.26. The van der Waals surface area contributed by atoms with Crippen LogP contribution in [0.5, 0.6) is 5.75 Å². The molecule has 116 valence electrons. The molecular weight excluding hydrogens is 268 g/mol. The molecule has 1 N–H and O–H groups in total. The maximum atomic E-state index is 12.0. The summed E-state index contributed by atoms with van der Waals surface area (Å²) >= 11 is 0. The fourth-order valence-corrected chi connectivity index (χ4v) is 2.45. The Morgan fingerprint density at radius 1 is 1.29 bits per heavy atom. The molecule has 0 fully saturated rings. The van der Waals surface area contributed by atoms with Gasteiger partial charge in [-0.2, -0.15) is 0 Å². The van der Waals surface area contributed by atoms with Gasteiger partial charge in [0.25, 0.3) is 0 Å². The predicted molar refractivity (Wildman–Crippen MR) is 82.6 cm³/mol. The molecule has 2 rings (SSSR count). The Morgan fingerprint density at radius 2 is 2.00 bits per heavy atom. The topological polar surface area (TPSA) is 50.8 Å².